The van der Waals surface area contributed by atoms with E-state index >= 15 is 0 Å². The number of aromatic nitrogens is 2. The first-order valence-corrected chi connectivity index (χ1v) is 8.19. The number of hydrogen-bond donors (Lipinski definition) is 1. The van der Waals surface area contributed by atoms with Crippen LogP contribution in [0.25, 0.3) is 0 Å². The molecule has 0 amide bonds. The van der Waals surface area contributed by atoms with Gasteiger partial charge in [0.1, 0.15) is 5.75 Å². The van der Waals surface area contributed by atoms with Gasteiger partial charge in [0.15, 0.2) is 11.9 Å². The minimum Gasteiger partial charge on any atom is -0.480 e. The highest BCUT2D eigenvalue weighted by Crippen LogP contribution is 2.39. The van der Waals surface area contributed by atoms with Crippen LogP contribution in [0.3, 0.4) is 0 Å². The Bertz CT molecular complexity index is 603. The lowest BCUT2D eigenvalue weighted by Gasteiger charge is -2.24. The lowest BCUT2D eigenvalue weighted by atomic mass is 10.1. The topological polar surface area (TPSA) is 61.0 Å². The molecule has 1 aromatic carbocycles. The molecule has 1 aliphatic rings. The molecule has 2 N–H and O–H groups in total. The first kappa shape index (κ1) is 14.4. The molecule has 2 atom stereocenters. The molecule has 1 aromatic heterocycles. The summed E-state index contributed by atoms with van der Waals surface area (Å²) in [5.41, 5.74) is 7.04. The Morgan fingerprint density at radius 2 is 2.10 bits per heavy atom. The smallest absolute Gasteiger partial charge is 0.170 e. The van der Waals surface area contributed by atoms with Crippen molar-refractivity contribution < 1.29 is 4.74 Å². The van der Waals surface area contributed by atoms with Crippen LogP contribution in [0.2, 0.25) is 0 Å². The SMILES string of the molecule is CCC(N)Cc1cnc(C2CSc3ccccc3O2)nc1. The molecule has 5 heteroatoms. The van der Waals surface area contributed by atoms with E-state index in [2.05, 4.69) is 23.0 Å². The Morgan fingerprint density at radius 1 is 1.33 bits per heavy atom. The highest BCUT2D eigenvalue weighted by atomic mass is 32.2. The first-order valence-electron chi connectivity index (χ1n) is 7.21. The third-order valence-electron chi connectivity index (χ3n) is 3.54. The second kappa shape index (κ2) is 6.45. The van der Waals surface area contributed by atoms with Gasteiger partial charge in [0.2, 0.25) is 0 Å². The summed E-state index contributed by atoms with van der Waals surface area (Å²) in [6.45, 7) is 2.09. The van der Waals surface area contributed by atoms with Crippen molar-refractivity contribution in [1.82, 2.24) is 9.97 Å². The van der Waals surface area contributed by atoms with E-state index in [1.165, 1.54) is 4.90 Å². The van der Waals surface area contributed by atoms with E-state index in [0.29, 0.717) is 0 Å². The molecule has 3 rings (SSSR count). The molecule has 0 saturated heterocycles. The lowest BCUT2D eigenvalue weighted by molar-refractivity contribution is 0.210. The zero-order valence-electron chi connectivity index (χ0n) is 12.0. The minimum atomic E-state index is -0.0844. The fourth-order valence-electron chi connectivity index (χ4n) is 2.23. The summed E-state index contributed by atoms with van der Waals surface area (Å²) in [5, 5.41) is 0. The van der Waals surface area contributed by atoms with E-state index in [9.17, 15) is 0 Å². The van der Waals surface area contributed by atoms with Gasteiger partial charge in [-0.1, -0.05) is 19.1 Å². The van der Waals surface area contributed by atoms with E-state index < -0.39 is 0 Å². The van der Waals surface area contributed by atoms with E-state index in [-0.39, 0.29) is 12.1 Å². The van der Waals surface area contributed by atoms with Crippen LogP contribution in [-0.4, -0.2) is 21.8 Å². The van der Waals surface area contributed by atoms with E-state index in [1.54, 1.807) is 11.8 Å². The van der Waals surface area contributed by atoms with Crippen molar-refractivity contribution in [3.63, 3.8) is 0 Å². The fraction of sp³-hybridized carbons (Fsp3) is 0.375. The summed E-state index contributed by atoms with van der Waals surface area (Å²) in [6, 6.07) is 8.25. The number of nitrogens with zero attached hydrogens (tertiary/aromatic N) is 2. The summed E-state index contributed by atoms with van der Waals surface area (Å²) < 4.78 is 5.99. The molecule has 0 spiro atoms. The maximum Gasteiger partial charge on any atom is 0.170 e. The van der Waals surface area contributed by atoms with Gasteiger partial charge in [-0.25, -0.2) is 9.97 Å². The Morgan fingerprint density at radius 3 is 2.86 bits per heavy atom. The van der Waals surface area contributed by atoms with E-state index in [0.717, 1.165) is 35.7 Å². The van der Waals surface area contributed by atoms with Crippen LogP contribution in [0, 0.1) is 0 Å². The highest BCUT2D eigenvalue weighted by molar-refractivity contribution is 7.99. The molecule has 1 aliphatic heterocycles. The van der Waals surface area contributed by atoms with Gasteiger partial charge >= 0.3 is 0 Å². The molecule has 21 heavy (non-hydrogen) atoms. The monoisotopic (exact) mass is 301 g/mol. The van der Waals surface area contributed by atoms with Crippen LogP contribution in [-0.2, 0) is 6.42 Å². The van der Waals surface area contributed by atoms with Crippen LogP contribution in [0.5, 0.6) is 5.75 Å². The molecule has 0 saturated carbocycles. The standard InChI is InChI=1S/C16H19N3OS/c1-2-12(17)7-11-8-18-16(19-9-11)14-10-21-15-6-4-3-5-13(15)20-14/h3-6,8-9,12,14H,2,7,10,17H2,1H3. The van der Waals surface area contributed by atoms with Crippen LogP contribution < -0.4 is 10.5 Å². The molecule has 0 bridgehead atoms. The van der Waals surface area contributed by atoms with Crippen LogP contribution in [0.1, 0.15) is 30.8 Å². The van der Waals surface area contributed by atoms with Crippen LogP contribution >= 0.6 is 11.8 Å². The fourth-order valence-corrected chi connectivity index (χ4v) is 3.21. The Labute approximate surface area is 129 Å². The molecule has 2 unspecified atom stereocenters. The zero-order valence-corrected chi connectivity index (χ0v) is 12.8. The zero-order chi connectivity index (χ0) is 14.7. The number of thioether (sulfide) groups is 1. The summed E-state index contributed by atoms with van der Waals surface area (Å²) in [7, 11) is 0. The molecule has 4 nitrogen and oxygen atoms in total. The molecule has 2 heterocycles. The molecule has 2 aromatic rings. The number of hydrogen-bond acceptors (Lipinski definition) is 5. The van der Waals surface area contributed by atoms with Crippen molar-refractivity contribution in [3.8, 4) is 5.75 Å². The van der Waals surface area contributed by atoms with Gasteiger partial charge in [0.05, 0.1) is 0 Å². The van der Waals surface area contributed by atoms with Crippen molar-refractivity contribution in [2.75, 3.05) is 5.75 Å². The first-order chi connectivity index (χ1) is 10.3. The van der Waals surface area contributed by atoms with Gasteiger partial charge in [-0.15, -0.1) is 11.8 Å². The number of rotatable bonds is 4. The maximum atomic E-state index is 5.99. The number of benzene rings is 1. The highest BCUT2D eigenvalue weighted by Gasteiger charge is 2.23. The number of fused-ring (bicyclic) bond motifs is 1. The molecule has 0 radical (unpaired) electrons. The minimum absolute atomic E-state index is 0.0844. The van der Waals surface area contributed by atoms with Crippen LogP contribution in [0.4, 0.5) is 0 Å². The van der Waals surface area contributed by atoms with Gasteiger partial charge in [-0.3, -0.25) is 0 Å². The van der Waals surface area contributed by atoms with Gasteiger partial charge in [0, 0.05) is 29.1 Å². The van der Waals surface area contributed by atoms with Gasteiger partial charge in [0.25, 0.3) is 0 Å². The summed E-state index contributed by atoms with van der Waals surface area (Å²) in [4.78, 5) is 10.1. The van der Waals surface area contributed by atoms with E-state index in [4.69, 9.17) is 10.5 Å². The summed E-state index contributed by atoms with van der Waals surface area (Å²) in [5.74, 6) is 2.50. The quantitative estimate of drug-likeness (QED) is 0.940. The molecule has 110 valence electrons. The number of para-hydroxylation sites is 1. The third kappa shape index (κ3) is 3.36. The lowest BCUT2D eigenvalue weighted by Crippen LogP contribution is -2.22. The van der Waals surface area contributed by atoms with Crippen LogP contribution in [0.15, 0.2) is 41.6 Å². The second-order valence-electron chi connectivity index (χ2n) is 5.19. The summed E-state index contributed by atoms with van der Waals surface area (Å²) in [6.07, 6.45) is 5.43. The largest absolute Gasteiger partial charge is 0.480 e. The predicted molar refractivity (Wildman–Crippen MR) is 84.5 cm³/mol. The van der Waals surface area contributed by atoms with E-state index in [1.807, 2.05) is 30.6 Å². The molecule has 0 fully saturated rings. The maximum absolute atomic E-state index is 5.99. The van der Waals surface area contributed by atoms with Crippen molar-refractivity contribution in [2.45, 2.75) is 36.8 Å². The summed E-state index contributed by atoms with van der Waals surface area (Å²) >= 11 is 1.79. The average Bonchev–Trinajstić information content (AvgIpc) is 2.55. The van der Waals surface area contributed by atoms with Crippen molar-refractivity contribution >= 4 is 11.8 Å². The second-order valence-corrected chi connectivity index (χ2v) is 6.25. The van der Waals surface area contributed by atoms with Gasteiger partial charge in [-0.2, -0.15) is 0 Å². The average molecular weight is 301 g/mol. The van der Waals surface area contributed by atoms with Gasteiger partial charge in [-0.05, 0) is 30.5 Å². The third-order valence-corrected chi connectivity index (χ3v) is 4.66. The van der Waals surface area contributed by atoms with Crippen molar-refractivity contribution in [3.05, 3.63) is 48.0 Å². The predicted octanol–water partition coefficient (Wildman–Crippen LogP) is 2.98. The molecular weight excluding hydrogens is 282 g/mol. The Kier molecular flexibility index (Phi) is 4.41. The molecular formula is C16H19N3OS. The molecule has 0 aliphatic carbocycles. The Hall–Kier alpha value is -1.59. The Balaban J connectivity index is 1.71. The van der Waals surface area contributed by atoms with Gasteiger partial charge < -0.3 is 10.5 Å². The normalized spacial score (nSPS) is 18.7. The van der Waals surface area contributed by atoms with Crippen molar-refractivity contribution in [1.29, 1.82) is 0 Å². The van der Waals surface area contributed by atoms with Crippen molar-refractivity contribution in [2.24, 2.45) is 5.73 Å². The number of nitrogens with two attached hydrogens (primary N) is 1. The number of ether oxygens (including phenoxy) is 1.